The molecule has 0 heterocycles. The monoisotopic (exact) mass is 319 g/mol. The third-order valence-electron chi connectivity index (χ3n) is 2.28. The molecule has 1 aromatic carbocycles. The molecule has 0 bridgehead atoms. The van der Waals surface area contributed by atoms with E-state index in [0.29, 0.717) is 6.07 Å². The predicted molar refractivity (Wildman–Crippen MR) is 58.5 cm³/mol. The smallest absolute Gasteiger partial charge is 0.320 e. The van der Waals surface area contributed by atoms with Gasteiger partial charge in [-0.3, -0.25) is 0 Å². The summed E-state index contributed by atoms with van der Waals surface area (Å²) in [6.07, 6.45) is -4.06. The second-order valence-corrected chi connectivity index (χ2v) is 5.54. The van der Waals surface area contributed by atoms with E-state index in [1.807, 2.05) is 0 Å². The van der Waals surface area contributed by atoms with Gasteiger partial charge in [0.2, 0.25) is 10.0 Å². The fourth-order valence-corrected chi connectivity index (χ4v) is 2.37. The number of sulfonamides is 1. The van der Waals surface area contributed by atoms with Crippen molar-refractivity contribution in [2.45, 2.75) is 23.9 Å². The summed E-state index contributed by atoms with van der Waals surface area (Å²) in [5.41, 5.74) is 0.0207. The molecule has 1 aromatic rings. The maximum absolute atomic E-state index is 13.3. The summed E-state index contributed by atoms with van der Waals surface area (Å²) in [5, 5.41) is 8.79. The van der Waals surface area contributed by atoms with Gasteiger partial charge in [-0.15, -0.1) is 0 Å². The highest BCUT2D eigenvalue weighted by Crippen LogP contribution is 2.23. The highest BCUT2D eigenvalue weighted by Gasteiger charge is 2.41. The first-order chi connectivity index (χ1) is 9.10. The van der Waals surface area contributed by atoms with Crippen molar-refractivity contribution in [1.82, 2.24) is 4.72 Å². The summed E-state index contributed by atoms with van der Waals surface area (Å²) in [7, 11) is -4.74. The van der Waals surface area contributed by atoms with Crippen molar-refractivity contribution in [3.8, 4) is 0 Å². The van der Waals surface area contributed by atoms with Gasteiger partial charge in [-0.1, -0.05) is 6.07 Å². The van der Waals surface area contributed by atoms with Gasteiger partial charge in [-0.2, -0.15) is 8.78 Å². The second kappa shape index (κ2) is 6.02. The molecule has 0 atom stereocenters. The lowest BCUT2D eigenvalue weighted by Gasteiger charge is -2.16. The first-order valence-electron chi connectivity index (χ1n) is 5.15. The van der Waals surface area contributed by atoms with Gasteiger partial charge in [0.25, 0.3) is 0 Å². The molecule has 10 heteroatoms. The molecule has 0 saturated heterocycles. The molecule has 0 spiro atoms. The summed E-state index contributed by atoms with van der Waals surface area (Å²) in [6, 6.07) is 2.52. The molecule has 0 amide bonds. The van der Waals surface area contributed by atoms with Crippen LogP contribution in [0.4, 0.5) is 22.0 Å². The molecule has 0 aliphatic rings. The largest absolute Gasteiger partial charge is 0.392 e. The highest BCUT2D eigenvalue weighted by atomic mass is 32.2. The number of hydrogen-bond donors (Lipinski definition) is 2. The topological polar surface area (TPSA) is 66.4 Å². The van der Waals surface area contributed by atoms with E-state index in [2.05, 4.69) is 0 Å². The minimum absolute atomic E-state index is 0.0207. The summed E-state index contributed by atoms with van der Waals surface area (Å²) in [6.45, 7) is -2.47. The van der Waals surface area contributed by atoms with E-state index in [1.54, 1.807) is 0 Å². The summed E-state index contributed by atoms with van der Waals surface area (Å²) < 4.78 is 86.8. The van der Waals surface area contributed by atoms with Crippen LogP contribution in [0.3, 0.4) is 0 Å². The molecule has 0 unspecified atom stereocenters. The Morgan fingerprint density at radius 2 is 1.90 bits per heavy atom. The Balaban J connectivity index is 3.00. The third kappa shape index (κ3) is 3.87. The van der Waals surface area contributed by atoms with Crippen molar-refractivity contribution in [3.05, 3.63) is 29.6 Å². The van der Waals surface area contributed by atoms with Crippen molar-refractivity contribution in [2.24, 2.45) is 0 Å². The summed E-state index contributed by atoms with van der Waals surface area (Å²) in [5.74, 6) is -5.83. The molecule has 20 heavy (non-hydrogen) atoms. The van der Waals surface area contributed by atoms with Gasteiger partial charge in [-0.05, 0) is 17.7 Å². The zero-order chi connectivity index (χ0) is 15.6. The third-order valence-corrected chi connectivity index (χ3v) is 3.70. The van der Waals surface area contributed by atoms with E-state index in [0.717, 1.165) is 12.1 Å². The molecular weight excluding hydrogens is 309 g/mol. The van der Waals surface area contributed by atoms with Crippen LogP contribution >= 0.6 is 0 Å². The Hall–Kier alpha value is -1.26. The van der Waals surface area contributed by atoms with E-state index in [-0.39, 0.29) is 5.56 Å². The molecule has 0 aliphatic carbocycles. The molecule has 0 saturated carbocycles. The Morgan fingerprint density at radius 1 is 1.30 bits per heavy atom. The maximum atomic E-state index is 13.3. The Bertz CT molecular complexity index is 576. The molecular formula is C10H10F5NO3S. The van der Waals surface area contributed by atoms with E-state index in [4.69, 9.17) is 5.11 Å². The van der Waals surface area contributed by atoms with Crippen LogP contribution in [-0.4, -0.2) is 32.4 Å². The number of nitrogens with one attached hydrogen (secondary N) is 1. The normalized spacial score (nSPS) is 12.9. The summed E-state index contributed by atoms with van der Waals surface area (Å²) in [4.78, 5) is -1.01. The molecule has 0 radical (unpaired) electrons. The Kier molecular flexibility index (Phi) is 5.05. The maximum Gasteiger partial charge on any atom is 0.320 e. The molecule has 0 fully saturated rings. The average Bonchev–Trinajstić information content (AvgIpc) is 2.37. The zero-order valence-electron chi connectivity index (χ0n) is 9.79. The van der Waals surface area contributed by atoms with Crippen LogP contribution in [-0.2, 0) is 16.6 Å². The highest BCUT2D eigenvalue weighted by molar-refractivity contribution is 7.89. The first kappa shape index (κ1) is 16.8. The van der Waals surface area contributed by atoms with Crippen molar-refractivity contribution in [2.75, 3.05) is 6.54 Å². The van der Waals surface area contributed by atoms with Crippen LogP contribution in [0.5, 0.6) is 0 Å². The number of benzene rings is 1. The molecule has 0 aliphatic heterocycles. The number of aliphatic hydroxyl groups excluding tert-OH is 1. The van der Waals surface area contributed by atoms with E-state index in [1.165, 1.54) is 4.72 Å². The quantitative estimate of drug-likeness (QED) is 0.781. The Labute approximate surface area is 111 Å². The van der Waals surface area contributed by atoms with Crippen LogP contribution < -0.4 is 4.72 Å². The van der Waals surface area contributed by atoms with Crippen LogP contribution in [0.1, 0.15) is 5.56 Å². The lowest BCUT2D eigenvalue weighted by Crippen LogP contribution is -2.41. The zero-order valence-corrected chi connectivity index (χ0v) is 10.6. The first-order valence-corrected chi connectivity index (χ1v) is 6.63. The molecule has 1 rings (SSSR count). The van der Waals surface area contributed by atoms with E-state index >= 15 is 0 Å². The SMILES string of the molecule is O=S(=O)(NCC(F)(F)C(F)F)c1cc(CO)ccc1F. The molecule has 0 aromatic heterocycles. The van der Waals surface area contributed by atoms with Crippen LogP contribution in [0.15, 0.2) is 23.1 Å². The summed E-state index contributed by atoms with van der Waals surface area (Å²) >= 11 is 0. The number of hydrogen-bond acceptors (Lipinski definition) is 3. The van der Waals surface area contributed by atoms with Gasteiger partial charge < -0.3 is 5.11 Å². The van der Waals surface area contributed by atoms with Gasteiger partial charge >= 0.3 is 12.3 Å². The van der Waals surface area contributed by atoms with Gasteiger partial charge in [0, 0.05) is 0 Å². The van der Waals surface area contributed by atoms with Crippen LogP contribution in [0.25, 0.3) is 0 Å². The van der Waals surface area contributed by atoms with Crippen LogP contribution in [0.2, 0.25) is 0 Å². The van der Waals surface area contributed by atoms with Crippen molar-refractivity contribution < 1.29 is 35.5 Å². The van der Waals surface area contributed by atoms with E-state index < -0.39 is 46.2 Å². The average molecular weight is 319 g/mol. The lowest BCUT2D eigenvalue weighted by atomic mass is 10.2. The lowest BCUT2D eigenvalue weighted by molar-refractivity contribution is -0.122. The van der Waals surface area contributed by atoms with Crippen molar-refractivity contribution >= 4 is 10.0 Å². The van der Waals surface area contributed by atoms with Crippen molar-refractivity contribution in [3.63, 3.8) is 0 Å². The number of halogens is 5. The minimum atomic E-state index is -4.74. The number of aliphatic hydroxyl groups is 1. The fraction of sp³-hybridized carbons (Fsp3) is 0.400. The predicted octanol–water partition coefficient (Wildman–Crippen LogP) is 1.50. The molecule has 2 N–H and O–H groups in total. The fourth-order valence-electron chi connectivity index (χ4n) is 1.20. The van der Waals surface area contributed by atoms with Gasteiger partial charge in [0.05, 0.1) is 13.2 Å². The van der Waals surface area contributed by atoms with Gasteiger partial charge in [0.1, 0.15) is 10.7 Å². The molecule has 4 nitrogen and oxygen atoms in total. The van der Waals surface area contributed by atoms with Gasteiger partial charge in [0.15, 0.2) is 0 Å². The van der Waals surface area contributed by atoms with Crippen LogP contribution in [0, 0.1) is 5.82 Å². The van der Waals surface area contributed by atoms with Crippen molar-refractivity contribution in [1.29, 1.82) is 0 Å². The number of rotatable bonds is 6. The second-order valence-electron chi connectivity index (χ2n) is 3.81. The molecule has 114 valence electrons. The number of alkyl halides is 4. The minimum Gasteiger partial charge on any atom is -0.392 e. The van der Waals surface area contributed by atoms with Gasteiger partial charge in [-0.25, -0.2) is 26.3 Å². The Morgan fingerprint density at radius 3 is 2.40 bits per heavy atom. The van der Waals surface area contributed by atoms with E-state index in [9.17, 15) is 30.4 Å². The standard InChI is InChI=1S/C10H10F5NO3S/c11-7-2-1-6(4-17)3-8(7)20(18,19)16-5-10(14,15)9(12)13/h1-3,9,16-17H,4-5H2.